The second-order valence-electron chi connectivity index (χ2n) is 5.45. The van der Waals surface area contributed by atoms with E-state index >= 15 is 0 Å². The Hall–Kier alpha value is -0.0800. The van der Waals surface area contributed by atoms with Crippen LogP contribution in [0.2, 0.25) is 0 Å². The van der Waals surface area contributed by atoms with E-state index in [9.17, 15) is 0 Å². The van der Waals surface area contributed by atoms with E-state index in [2.05, 4.69) is 13.8 Å². The lowest BCUT2D eigenvalue weighted by molar-refractivity contribution is -0.112. The van der Waals surface area contributed by atoms with E-state index in [1.165, 1.54) is 32.1 Å². The summed E-state index contributed by atoms with van der Waals surface area (Å²) in [5.41, 5.74) is 5.94. The van der Waals surface area contributed by atoms with E-state index < -0.39 is 0 Å². The monoisotopic (exact) mass is 197 g/mol. The second-order valence-corrected chi connectivity index (χ2v) is 5.45. The largest absolute Gasteiger partial charge is 0.369 e. The summed E-state index contributed by atoms with van der Waals surface area (Å²) < 4.78 is 6.37. The molecule has 2 fully saturated rings. The highest BCUT2D eigenvalue weighted by Gasteiger charge is 2.50. The number of hydrogen-bond donors (Lipinski definition) is 1. The third kappa shape index (κ3) is 1.59. The summed E-state index contributed by atoms with van der Waals surface area (Å²) in [5, 5.41) is 0. The van der Waals surface area contributed by atoms with Crippen LogP contribution in [0.3, 0.4) is 0 Å². The Kier molecular flexibility index (Phi) is 2.61. The quantitative estimate of drug-likeness (QED) is 0.738. The Balaban J connectivity index is 2.06. The van der Waals surface area contributed by atoms with Crippen molar-refractivity contribution in [3.05, 3.63) is 0 Å². The summed E-state index contributed by atoms with van der Waals surface area (Å²) in [6.07, 6.45) is 7.44. The zero-order valence-corrected chi connectivity index (χ0v) is 9.51. The maximum Gasteiger partial charge on any atom is 0.0716 e. The molecule has 0 radical (unpaired) electrons. The summed E-state index contributed by atoms with van der Waals surface area (Å²) in [6.45, 7) is 5.34. The van der Waals surface area contributed by atoms with Crippen LogP contribution in [0.4, 0.5) is 0 Å². The molecule has 3 atom stereocenters. The van der Waals surface area contributed by atoms with Crippen molar-refractivity contribution in [1.82, 2.24) is 0 Å². The van der Waals surface area contributed by atoms with Gasteiger partial charge in [0.25, 0.3) is 0 Å². The fraction of sp³-hybridized carbons (Fsp3) is 1.00. The molecule has 2 nitrogen and oxygen atoms in total. The van der Waals surface area contributed by atoms with Crippen molar-refractivity contribution in [3.8, 4) is 0 Å². The molecule has 14 heavy (non-hydrogen) atoms. The fourth-order valence-corrected chi connectivity index (χ4v) is 3.29. The molecule has 0 aromatic carbocycles. The summed E-state index contributed by atoms with van der Waals surface area (Å²) >= 11 is 0. The van der Waals surface area contributed by atoms with E-state index in [1.807, 2.05) is 0 Å². The van der Waals surface area contributed by atoms with Gasteiger partial charge in [-0.3, -0.25) is 0 Å². The van der Waals surface area contributed by atoms with Gasteiger partial charge in [-0.2, -0.15) is 0 Å². The molecule has 2 rings (SSSR count). The molecule has 3 unspecified atom stereocenters. The maximum atomic E-state index is 6.37. The molecule has 0 aromatic heterocycles. The summed E-state index contributed by atoms with van der Waals surface area (Å²) in [7, 11) is 0. The molecule has 82 valence electrons. The summed E-state index contributed by atoms with van der Waals surface area (Å²) in [6, 6.07) is 0. The molecule has 1 spiro atoms. The Labute approximate surface area is 87.2 Å². The van der Waals surface area contributed by atoms with E-state index in [-0.39, 0.29) is 11.2 Å². The van der Waals surface area contributed by atoms with Crippen LogP contribution >= 0.6 is 0 Å². The van der Waals surface area contributed by atoms with Crippen LogP contribution in [-0.4, -0.2) is 17.7 Å². The van der Waals surface area contributed by atoms with Gasteiger partial charge in [0, 0.05) is 0 Å². The minimum atomic E-state index is 0.0767. The highest BCUT2D eigenvalue weighted by molar-refractivity contribution is 5.01. The zero-order valence-electron chi connectivity index (χ0n) is 9.51. The Morgan fingerprint density at radius 3 is 2.71 bits per heavy atom. The molecule has 0 bridgehead atoms. The maximum absolute atomic E-state index is 6.37. The molecule has 1 aliphatic carbocycles. The van der Waals surface area contributed by atoms with Crippen molar-refractivity contribution < 1.29 is 4.74 Å². The molecule has 1 heterocycles. The van der Waals surface area contributed by atoms with Crippen LogP contribution in [0.25, 0.3) is 0 Å². The van der Waals surface area contributed by atoms with Crippen LogP contribution in [0.1, 0.15) is 52.4 Å². The highest BCUT2D eigenvalue weighted by atomic mass is 16.5. The third-order valence-electron chi connectivity index (χ3n) is 4.34. The topological polar surface area (TPSA) is 35.2 Å². The molecule has 1 aliphatic heterocycles. The molecule has 1 saturated carbocycles. The first-order valence-corrected chi connectivity index (χ1v) is 6.00. The zero-order chi connectivity index (χ0) is 10.2. The van der Waals surface area contributed by atoms with Gasteiger partial charge in [0.05, 0.1) is 11.2 Å². The first kappa shape index (κ1) is 10.4. The normalized spacial score (nSPS) is 47.8. The number of hydrogen-bond acceptors (Lipinski definition) is 2. The lowest BCUT2D eigenvalue weighted by atomic mass is 9.88. The summed E-state index contributed by atoms with van der Waals surface area (Å²) in [4.78, 5) is 0. The first-order valence-electron chi connectivity index (χ1n) is 6.00. The SMILES string of the molecule is CC1CCCC12CCC(C)(CCN)O2. The highest BCUT2D eigenvalue weighted by Crippen LogP contribution is 2.51. The van der Waals surface area contributed by atoms with Crippen LogP contribution < -0.4 is 5.73 Å². The number of nitrogens with two attached hydrogens (primary N) is 1. The minimum absolute atomic E-state index is 0.0767. The fourth-order valence-electron chi connectivity index (χ4n) is 3.29. The van der Waals surface area contributed by atoms with Crippen molar-refractivity contribution in [1.29, 1.82) is 0 Å². The lowest BCUT2D eigenvalue weighted by Crippen LogP contribution is -2.36. The van der Waals surface area contributed by atoms with Gasteiger partial charge in [-0.15, -0.1) is 0 Å². The molecule has 1 saturated heterocycles. The van der Waals surface area contributed by atoms with Gasteiger partial charge in [-0.25, -0.2) is 0 Å². The Bertz CT molecular complexity index is 218. The van der Waals surface area contributed by atoms with Crippen molar-refractivity contribution in [2.24, 2.45) is 11.7 Å². The molecule has 0 amide bonds. The second kappa shape index (κ2) is 3.49. The van der Waals surface area contributed by atoms with Gasteiger partial charge < -0.3 is 10.5 Å². The van der Waals surface area contributed by atoms with Crippen molar-refractivity contribution in [3.63, 3.8) is 0 Å². The number of rotatable bonds is 2. The molecule has 2 aliphatic rings. The van der Waals surface area contributed by atoms with E-state index in [4.69, 9.17) is 10.5 Å². The van der Waals surface area contributed by atoms with Crippen molar-refractivity contribution in [2.45, 2.75) is 63.6 Å². The van der Waals surface area contributed by atoms with E-state index in [0.717, 1.165) is 18.9 Å². The van der Waals surface area contributed by atoms with Gasteiger partial charge >= 0.3 is 0 Å². The standard InChI is InChI=1S/C12H23NO/c1-10-4-3-5-12(10)7-6-11(2,14-12)8-9-13/h10H,3-9,13H2,1-2H3. The van der Waals surface area contributed by atoms with Gasteiger partial charge in [0.15, 0.2) is 0 Å². The van der Waals surface area contributed by atoms with Crippen LogP contribution in [-0.2, 0) is 4.74 Å². The van der Waals surface area contributed by atoms with E-state index in [1.54, 1.807) is 0 Å². The minimum Gasteiger partial charge on any atom is -0.369 e. The third-order valence-corrected chi connectivity index (χ3v) is 4.34. The molecular weight excluding hydrogens is 174 g/mol. The van der Waals surface area contributed by atoms with Crippen LogP contribution in [0, 0.1) is 5.92 Å². The van der Waals surface area contributed by atoms with Crippen molar-refractivity contribution in [2.75, 3.05) is 6.54 Å². The Morgan fingerprint density at radius 1 is 1.36 bits per heavy atom. The first-order chi connectivity index (χ1) is 6.60. The average Bonchev–Trinajstić information content (AvgIpc) is 2.61. The lowest BCUT2D eigenvalue weighted by Gasteiger charge is -2.33. The molecule has 2 N–H and O–H groups in total. The van der Waals surface area contributed by atoms with Gasteiger partial charge in [0.2, 0.25) is 0 Å². The van der Waals surface area contributed by atoms with Gasteiger partial charge in [-0.05, 0) is 51.5 Å². The molecule has 2 heteroatoms. The Morgan fingerprint density at radius 2 is 2.14 bits per heavy atom. The predicted octanol–water partition coefficient (Wildman–Crippen LogP) is 2.46. The predicted molar refractivity (Wildman–Crippen MR) is 58.1 cm³/mol. The molecule has 0 aromatic rings. The van der Waals surface area contributed by atoms with Crippen molar-refractivity contribution >= 4 is 0 Å². The van der Waals surface area contributed by atoms with Crippen LogP contribution in [0.5, 0.6) is 0 Å². The molecular formula is C12H23NO. The van der Waals surface area contributed by atoms with Gasteiger partial charge in [-0.1, -0.05) is 13.3 Å². The smallest absolute Gasteiger partial charge is 0.0716 e. The van der Waals surface area contributed by atoms with E-state index in [0.29, 0.717) is 0 Å². The van der Waals surface area contributed by atoms with Gasteiger partial charge in [0.1, 0.15) is 0 Å². The average molecular weight is 197 g/mol. The van der Waals surface area contributed by atoms with Crippen LogP contribution in [0.15, 0.2) is 0 Å². The summed E-state index contributed by atoms with van der Waals surface area (Å²) in [5.74, 6) is 0.752. The number of ether oxygens (including phenoxy) is 1.